The van der Waals surface area contributed by atoms with Crippen molar-refractivity contribution in [1.82, 2.24) is 0 Å². The number of carbonyl (C=O) groups excluding carboxylic acids is 1. The molecule has 1 aromatic rings. The first-order valence-electron chi connectivity index (χ1n) is 4.49. The maximum atomic E-state index is 11.2. The van der Waals surface area contributed by atoms with Crippen molar-refractivity contribution in [2.24, 2.45) is 0 Å². The molecule has 0 bridgehead atoms. The lowest BCUT2D eigenvalue weighted by atomic mass is 10.1. The summed E-state index contributed by atoms with van der Waals surface area (Å²) in [6.45, 7) is 9.01. The van der Waals surface area contributed by atoms with Gasteiger partial charge in [-0.2, -0.15) is 0 Å². The standard InChI is InChI=1S/C11H10ClNO2/c1-3-15-11(14)7-8-6-9(12)4-5-10(8)13-2/h4-6H,3,7H2,1H3. The first-order valence-corrected chi connectivity index (χ1v) is 4.86. The van der Waals surface area contributed by atoms with Crippen molar-refractivity contribution < 1.29 is 9.53 Å². The molecule has 0 atom stereocenters. The van der Waals surface area contributed by atoms with E-state index in [0.717, 1.165) is 0 Å². The summed E-state index contributed by atoms with van der Waals surface area (Å²) in [5, 5.41) is 0.515. The quantitative estimate of drug-likeness (QED) is 0.583. The molecule has 4 heteroatoms. The minimum Gasteiger partial charge on any atom is -0.466 e. The first-order chi connectivity index (χ1) is 7.17. The summed E-state index contributed by atoms with van der Waals surface area (Å²) in [6, 6.07) is 4.85. The van der Waals surface area contributed by atoms with Crippen LogP contribution in [0.2, 0.25) is 5.02 Å². The molecule has 3 nitrogen and oxygen atoms in total. The highest BCUT2D eigenvalue weighted by Crippen LogP contribution is 2.23. The summed E-state index contributed by atoms with van der Waals surface area (Å²) in [5.41, 5.74) is 1.04. The average Bonchev–Trinajstić information content (AvgIpc) is 2.18. The fraction of sp³-hybridized carbons (Fsp3) is 0.273. The number of ether oxygens (including phenoxy) is 1. The van der Waals surface area contributed by atoms with Crippen LogP contribution in [-0.4, -0.2) is 12.6 Å². The van der Waals surface area contributed by atoms with Gasteiger partial charge in [-0.1, -0.05) is 29.8 Å². The largest absolute Gasteiger partial charge is 0.466 e. The molecular formula is C11H10ClNO2. The molecule has 0 spiro atoms. The highest BCUT2D eigenvalue weighted by Gasteiger charge is 2.09. The lowest BCUT2D eigenvalue weighted by molar-refractivity contribution is -0.142. The van der Waals surface area contributed by atoms with E-state index in [0.29, 0.717) is 22.9 Å². The van der Waals surface area contributed by atoms with Crippen LogP contribution in [0.4, 0.5) is 5.69 Å². The van der Waals surface area contributed by atoms with Gasteiger partial charge in [0, 0.05) is 5.02 Å². The highest BCUT2D eigenvalue weighted by atomic mass is 35.5. The molecule has 1 aromatic carbocycles. The van der Waals surface area contributed by atoms with E-state index in [1.807, 2.05) is 0 Å². The molecule has 0 saturated heterocycles. The SMILES string of the molecule is [C-]#[N+]c1ccc(Cl)cc1CC(=O)OCC. The number of carbonyl (C=O) groups is 1. The Morgan fingerprint density at radius 1 is 1.60 bits per heavy atom. The molecule has 0 aliphatic rings. The molecule has 1 rings (SSSR count). The van der Waals surface area contributed by atoms with Crippen LogP contribution in [0.5, 0.6) is 0 Å². The molecule has 0 fully saturated rings. The second-order valence-electron chi connectivity index (χ2n) is 2.87. The van der Waals surface area contributed by atoms with Gasteiger partial charge in [-0.15, -0.1) is 0 Å². The van der Waals surface area contributed by atoms with Crippen molar-refractivity contribution in [3.05, 3.63) is 40.2 Å². The minimum absolute atomic E-state index is 0.0894. The van der Waals surface area contributed by atoms with Crippen molar-refractivity contribution >= 4 is 23.3 Å². The lowest BCUT2D eigenvalue weighted by Gasteiger charge is -2.04. The van der Waals surface area contributed by atoms with Gasteiger partial charge < -0.3 is 4.74 Å². The summed E-state index contributed by atoms with van der Waals surface area (Å²) in [4.78, 5) is 14.5. The van der Waals surface area contributed by atoms with Crippen molar-refractivity contribution in [3.8, 4) is 0 Å². The van der Waals surface area contributed by atoms with Gasteiger partial charge in [0.15, 0.2) is 5.69 Å². The van der Waals surface area contributed by atoms with Crippen LogP contribution < -0.4 is 0 Å². The number of benzene rings is 1. The number of rotatable bonds is 3. The topological polar surface area (TPSA) is 30.7 Å². The molecule has 0 aliphatic heterocycles. The van der Waals surface area contributed by atoms with E-state index in [2.05, 4.69) is 4.85 Å². The molecule has 0 radical (unpaired) electrons. The van der Waals surface area contributed by atoms with Crippen LogP contribution in [-0.2, 0) is 16.0 Å². The molecule has 0 aliphatic carbocycles. The number of halogens is 1. The molecule has 78 valence electrons. The number of hydrogen-bond donors (Lipinski definition) is 0. The molecular weight excluding hydrogens is 214 g/mol. The van der Waals surface area contributed by atoms with Crippen LogP contribution in [0.1, 0.15) is 12.5 Å². The summed E-state index contributed by atoms with van der Waals surface area (Å²) in [7, 11) is 0. The molecule has 0 amide bonds. The molecule has 0 N–H and O–H groups in total. The van der Waals surface area contributed by atoms with Crippen molar-refractivity contribution in [3.63, 3.8) is 0 Å². The number of nitrogens with zero attached hydrogens (tertiary/aromatic N) is 1. The van der Waals surface area contributed by atoms with E-state index in [1.165, 1.54) is 0 Å². The van der Waals surface area contributed by atoms with E-state index in [1.54, 1.807) is 25.1 Å². The third-order valence-electron chi connectivity index (χ3n) is 1.80. The van der Waals surface area contributed by atoms with Gasteiger partial charge in [-0.25, -0.2) is 4.85 Å². The van der Waals surface area contributed by atoms with E-state index in [4.69, 9.17) is 22.9 Å². The van der Waals surface area contributed by atoms with Gasteiger partial charge in [0.1, 0.15) is 0 Å². The Morgan fingerprint density at radius 3 is 2.93 bits per heavy atom. The van der Waals surface area contributed by atoms with Gasteiger partial charge in [0.2, 0.25) is 0 Å². The fourth-order valence-corrected chi connectivity index (χ4v) is 1.37. The Balaban J connectivity index is 2.88. The smallest absolute Gasteiger partial charge is 0.308 e. The van der Waals surface area contributed by atoms with Crippen LogP contribution >= 0.6 is 11.6 Å². The van der Waals surface area contributed by atoms with Gasteiger partial charge in [-0.05, 0) is 12.5 Å². The monoisotopic (exact) mass is 223 g/mol. The maximum Gasteiger partial charge on any atom is 0.308 e. The van der Waals surface area contributed by atoms with Gasteiger partial charge >= 0.3 is 5.97 Å². The van der Waals surface area contributed by atoms with Crippen LogP contribution in [0.25, 0.3) is 4.85 Å². The third-order valence-corrected chi connectivity index (χ3v) is 2.04. The molecule has 0 aromatic heterocycles. The summed E-state index contributed by atoms with van der Waals surface area (Å²) in [5.74, 6) is -0.343. The fourth-order valence-electron chi connectivity index (χ4n) is 1.17. The summed E-state index contributed by atoms with van der Waals surface area (Å²) < 4.78 is 4.80. The van der Waals surface area contributed by atoms with Crippen LogP contribution in [0, 0.1) is 6.57 Å². The van der Waals surface area contributed by atoms with E-state index < -0.39 is 0 Å². The van der Waals surface area contributed by atoms with Gasteiger partial charge in [0.05, 0.1) is 19.6 Å². The zero-order valence-electron chi connectivity index (χ0n) is 8.29. The number of hydrogen-bond acceptors (Lipinski definition) is 2. The molecule has 0 unspecified atom stereocenters. The Labute approximate surface area is 93.4 Å². The minimum atomic E-state index is -0.343. The Hall–Kier alpha value is -1.53. The highest BCUT2D eigenvalue weighted by molar-refractivity contribution is 6.30. The Kier molecular flexibility index (Phi) is 4.14. The summed E-state index contributed by atoms with van der Waals surface area (Å²) >= 11 is 5.78. The zero-order chi connectivity index (χ0) is 11.3. The second-order valence-corrected chi connectivity index (χ2v) is 3.30. The predicted molar refractivity (Wildman–Crippen MR) is 58.1 cm³/mol. The van der Waals surface area contributed by atoms with Crippen LogP contribution in [0.3, 0.4) is 0 Å². The summed E-state index contributed by atoms with van der Waals surface area (Å²) in [6.07, 6.45) is 0.0894. The predicted octanol–water partition coefficient (Wildman–Crippen LogP) is 3.00. The number of esters is 1. The first kappa shape index (κ1) is 11.5. The van der Waals surface area contributed by atoms with Gasteiger partial charge in [-0.3, -0.25) is 4.79 Å². The van der Waals surface area contributed by atoms with E-state index >= 15 is 0 Å². The second kappa shape index (κ2) is 5.38. The normalized spacial score (nSPS) is 9.40. The van der Waals surface area contributed by atoms with E-state index in [-0.39, 0.29) is 12.4 Å². The Morgan fingerprint density at radius 2 is 2.33 bits per heavy atom. The molecule has 15 heavy (non-hydrogen) atoms. The van der Waals surface area contributed by atoms with Gasteiger partial charge in [0.25, 0.3) is 0 Å². The maximum absolute atomic E-state index is 11.2. The molecule has 0 heterocycles. The zero-order valence-corrected chi connectivity index (χ0v) is 9.04. The lowest BCUT2D eigenvalue weighted by Crippen LogP contribution is -2.07. The Bertz CT molecular complexity index is 410. The van der Waals surface area contributed by atoms with E-state index in [9.17, 15) is 4.79 Å². The van der Waals surface area contributed by atoms with Crippen molar-refractivity contribution in [2.75, 3.05) is 6.61 Å². The molecule has 0 saturated carbocycles. The average molecular weight is 224 g/mol. The van der Waals surface area contributed by atoms with Crippen molar-refractivity contribution in [2.45, 2.75) is 13.3 Å². The van der Waals surface area contributed by atoms with Crippen LogP contribution in [0.15, 0.2) is 18.2 Å². The third kappa shape index (κ3) is 3.26. The van der Waals surface area contributed by atoms with Crippen molar-refractivity contribution in [1.29, 1.82) is 0 Å².